The molecule has 2 heterocycles. The number of hydrogen-bond acceptors (Lipinski definition) is 5. The number of hydrogen-bond donors (Lipinski definition) is 1. The zero-order chi connectivity index (χ0) is 23.5. The highest BCUT2D eigenvalue weighted by molar-refractivity contribution is 7.99. The topological polar surface area (TPSA) is 71.3 Å². The number of aromatic nitrogens is 2. The Morgan fingerprint density at radius 2 is 1.94 bits per heavy atom. The van der Waals surface area contributed by atoms with E-state index in [-0.39, 0.29) is 29.6 Å². The molecule has 0 radical (unpaired) electrons. The molecule has 1 aliphatic rings. The van der Waals surface area contributed by atoms with Gasteiger partial charge in [0.2, 0.25) is 5.89 Å². The molecule has 0 bridgehead atoms. The molecule has 1 N–H and O–H groups in total. The molecule has 1 atom stereocenters. The van der Waals surface area contributed by atoms with Crippen LogP contribution in [0.1, 0.15) is 17.9 Å². The second kappa shape index (κ2) is 9.77. The average molecular weight is 484 g/mol. The summed E-state index contributed by atoms with van der Waals surface area (Å²) in [4.78, 5) is 14.3. The minimum absolute atomic E-state index is 0.106. The minimum atomic E-state index is -2.93. The van der Waals surface area contributed by atoms with Gasteiger partial charge in [0, 0.05) is 41.4 Å². The van der Waals surface area contributed by atoms with Gasteiger partial charge in [0.25, 0.3) is 5.89 Å². The van der Waals surface area contributed by atoms with Crippen molar-refractivity contribution < 1.29 is 31.2 Å². The Balaban J connectivity index is 1.47. The van der Waals surface area contributed by atoms with Gasteiger partial charge in [0.15, 0.2) is 11.6 Å². The van der Waals surface area contributed by atoms with Crippen LogP contribution in [-0.4, -0.2) is 45.2 Å². The fourth-order valence-corrected chi connectivity index (χ4v) is 4.46. The van der Waals surface area contributed by atoms with Gasteiger partial charge in [0.05, 0.1) is 0 Å². The summed E-state index contributed by atoms with van der Waals surface area (Å²) in [7, 11) is 0. The van der Waals surface area contributed by atoms with Crippen LogP contribution in [0.2, 0.25) is 0 Å². The molecular weight excluding hydrogens is 467 g/mol. The van der Waals surface area contributed by atoms with Gasteiger partial charge in [-0.1, -0.05) is 6.07 Å². The lowest BCUT2D eigenvalue weighted by Gasteiger charge is -2.35. The third-order valence-corrected chi connectivity index (χ3v) is 6.13. The van der Waals surface area contributed by atoms with Crippen LogP contribution in [0, 0.1) is 17.5 Å². The van der Waals surface area contributed by atoms with E-state index in [1.54, 1.807) is 11.8 Å². The summed E-state index contributed by atoms with van der Waals surface area (Å²) >= 11 is 1.61. The van der Waals surface area contributed by atoms with E-state index in [1.807, 2.05) is 0 Å². The molecule has 1 aliphatic heterocycles. The lowest BCUT2D eigenvalue weighted by atomic mass is 10.0. The second-order valence-electron chi connectivity index (χ2n) is 7.24. The fourth-order valence-electron chi connectivity index (χ4n) is 3.40. The zero-order valence-electron chi connectivity index (χ0n) is 16.9. The molecule has 3 aromatic rings. The number of nitrogens with zero attached hydrogens (tertiary/aromatic N) is 3. The van der Waals surface area contributed by atoms with Crippen LogP contribution in [0.5, 0.6) is 0 Å². The van der Waals surface area contributed by atoms with Gasteiger partial charge in [-0.15, -0.1) is 10.2 Å². The number of halogens is 5. The molecular formula is C21H17F5N4O2S. The summed E-state index contributed by atoms with van der Waals surface area (Å²) in [5.41, 5.74) is 0.571. The first-order valence-electron chi connectivity index (χ1n) is 9.82. The van der Waals surface area contributed by atoms with Crippen LogP contribution < -0.4 is 5.32 Å². The summed E-state index contributed by atoms with van der Waals surface area (Å²) in [6.45, 7) is 0.392. The standard InChI is InChI=1S/C21H17F5N4O2S/c22-15-4-3-13(9-17(15)24)27-21(31)30-5-6-33-10-14(30)7-11-1-2-12(8-16(11)23)19-28-29-20(32-19)18(25)26/h1-4,8-9,14,18H,5-7,10H2,(H,27,31). The Hall–Kier alpha value is -3.15. The summed E-state index contributed by atoms with van der Waals surface area (Å²) < 4.78 is 71.4. The molecule has 2 aromatic carbocycles. The maximum Gasteiger partial charge on any atom is 0.322 e. The van der Waals surface area contributed by atoms with Crippen LogP contribution in [0.4, 0.5) is 32.4 Å². The highest BCUT2D eigenvalue weighted by Crippen LogP contribution is 2.27. The molecule has 174 valence electrons. The largest absolute Gasteiger partial charge is 0.415 e. The van der Waals surface area contributed by atoms with Crippen molar-refractivity contribution in [2.24, 2.45) is 0 Å². The van der Waals surface area contributed by atoms with Crippen molar-refractivity contribution in [3.63, 3.8) is 0 Å². The van der Waals surface area contributed by atoms with Gasteiger partial charge in [-0.3, -0.25) is 0 Å². The molecule has 0 aliphatic carbocycles. The van der Waals surface area contributed by atoms with Crippen molar-refractivity contribution in [1.29, 1.82) is 0 Å². The smallest absolute Gasteiger partial charge is 0.322 e. The Morgan fingerprint density at radius 3 is 2.64 bits per heavy atom. The normalized spacial score (nSPS) is 16.3. The average Bonchev–Trinajstić information content (AvgIpc) is 3.29. The summed E-state index contributed by atoms with van der Waals surface area (Å²) in [6, 6.07) is 6.25. The van der Waals surface area contributed by atoms with Crippen molar-refractivity contribution in [1.82, 2.24) is 15.1 Å². The molecule has 1 fully saturated rings. The first-order valence-corrected chi connectivity index (χ1v) is 11.0. The number of benzene rings is 2. The molecule has 1 saturated heterocycles. The van der Waals surface area contributed by atoms with E-state index in [0.717, 1.165) is 18.2 Å². The fraction of sp³-hybridized carbons (Fsp3) is 0.286. The SMILES string of the molecule is O=C(Nc1ccc(F)c(F)c1)N1CCSCC1Cc1ccc(-c2nnc(C(F)F)o2)cc1F. The van der Waals surface area contributed by atoms with Gasteiger partial charge >= 0.3 is 12.5 Å². The molecule has 2 amide bonds. The van der Waals surface area contributed by atoms with E-state index in [1.165, 1.54) is 23.1 Å². The van der Waals surface area contributed by atoms with Crippen LogP contribution in [0.25, 0.3) is 11.5 Å². The van der Waals surface area contributed by atoms with Crippen LogP contribution in [0.15, 0.2) is 40.8 Å². The van der Waals surface area contributed by atoms with Crippen molar-refractivity contribution in [2.45, 2.75) is 18.9 Å². The van der Waals surface area contributed by atoms with E-state index in [4.69, 9.17) is 4.42 Å². The number of thioether (sulfide) groups is 1. The van der Waals surface area contributed by atoms with E-state index in [9.17, 15) is 26.7 Å². The number of nitrogens with one attached hydrogen (secondary N) is 1. The van der Waals surface area contributed by atoms with Crippen LogP contribution in [-0.2, 0) is 6.42 Å². The number of anilines is 1. The highest BCUT2D eigenvalue weighted by atomic mass is 32.2. The van der Waals surface area contributed by atoms with E-state index >= 15 is 0 Å². The summed E-state index contributed by atoms with van der Waals surface area (Å²) in [5, 5.41) is 9.27. The van der Waals surface area contributed by atoms with Gasteiger partial charge in [0.1, 0.15) is 5.82 Å². The molecule has 12 heteroatoms. The maximum absolute atomic E-state index is 14.8. The summed E-state index contributed by atoms with van der Waals surface area (Å²) in [6.07, 6.45) is -2.74. The van der Waals surface area contributed by atoms with E-state index < -0.39 is 35.8 Å². The number of alkyl halides is 2. The third kappa shape index (κ3) is 5.27. The third-order valence-electron chi connectivity index (χ3n) is 5.04. The second-order valence-corrected chi connectivity index (χ2v) is 8.39. The van der Waals surface area contributed by atoms with Gasteiger partial charge < -0.3 is 14.6 Å². The van der Waals surface area contributed by atoms with Crippen molar-refractivity contribution in [2.75, 3.05) is 23.4 Å². The lowest BCUT2D eigenvalue weighted by Crippen LogP contribution is -2.49. The Bertz CT molecular complexity index is 1160. The Kier molecular flexibility index (Phi) is 6.82. The molecule has 6 nitrogen and oxygen atoms in total. The van der Waals surface area contributed by atoms with Gasteiger partial charge in [-0.2, -0.15) is 20.5 Å². The Labute approximate surface area is 189 Å². The molecule has 0 saturated carbocycles. The first kappa shape index (κ1) is 23.0. The molecule has 33 heavy (non-hydrogen) atoms. The number of rotatable bonds is 5. The lowest BCUT2D eigenvalue weighted by molar-refractivity contribution is 0.116. The van der Waals surface area contributed by atoms with Crippen molar-refractivity contribution in [3.05, 3.63) is 65.3 Å². The maximum atomic E-state index is 14.8. The molecule has 1 aromatic heterocycles. The minimum Gasteiger partial charge on any atom is -0.415 e. The molecule has 4 rings (SSSR count). The van der Waals surface area contributed by atoms with Crippen LogP contribution in [0.3, 0.4) is 0 Å². The zero-order valence-corrected chi connectivity index (χ0v) is 17.7. The number of carbonyl (C=O) groups excluding carboxylic acids is 1. The number of urea groups is 1. The van der Waals surface area contributed by atoms with Crippen molar-refractivity contribution in [3.8, 4) is 11.5 Å². The number of carbonyl (C=O) groups is 1. The quantitative estimate of drug-likeness (QED) is 0.499. The predicted octanol–water partition coefficient (Wildman–Crippen LogP) is 5.28. The van der Waals surface area contributed by atoms with E-state index in [2.05, 4.69) is 15.5 Å². The number of amides is 2. The van der Waals surface area contributed by atoms with E-state index in [0.29, 0.717) is 23.6 Å². The molecule has 1 unspecified atom stereocenters. The Morgan fingerprint density at radius 1 is 1.12 bits per heavy atom. The monoisotopic (exact) mass is 484 g/mol. The van der Waals surface area contributed by atoms with Gasteiger partial charge in [-0.25, -0.2) is 18.0 Å². The predicted molar refractivity (Wildman–Crippen MR) is 112 cm³/mol. The van der Waals surface area contributed by atoms with Crippen molar-refractivity contribution >= 4 is 23.5 Å². The highest BCUT2D eigenvalue weighted by Gasteiger charge is 2.28. The molecule has 0 spiro atoms. The summed E-state index contributed by atoms with van der Waals surface area (Å²) in [5.74, 6) is -2.57. The van der Waals surface area contributed by atoms with Gasteiger partial charge in [-0.05, 0) is 36.2 Å². The van der Waals surface area contributed by atoms with Crippen LogP contribution >= 0.6 is 11.8 Å². The first-order chi connectivity index (χ1) is 15.8.